The van der Waals surface area contributed by atoms with Crippen LogP contribution in [0.2, 0.25) is 0 Å². The van der Waals surface area contributed by atoms with Crippen molar-refractivity contribution in [3.8, 4) is 0 Å². The Morgan fingerprint density at radius 2 is 2.14 bits per heavy atom. The van der Waals surface area contributed by atoms with Gasteiger partial charge in [-0.2, -0.15) is 0 Å². The molecule has 2 N–H and O–H groups in total. The number of aromatic nitrogens is 1. The van der Waals surface area contributed by atoms with Gasteiger partial charge in [-0.15, -0.1) is 0 Å². The van der Waals surface area contributed by atoms with E-state index in [-0.39, 0.29) is 5.91 Å². The Bertz CT molecular complexity index is 750. The SMILES string of the molecule is C/C=C\C(=C/C)NC(=O)c1cc2c3c(ccc2[nH]1)CCC3. The first-order chi connectivity index (χ1) is 10.2. The van der Waals surface area contributed by atoms with Crippen LogP contribution in [0.1, 0.15) is 41.9 Å². The van der Waals surface area contributed by atoms with Crippen molar-refractivity contribution >= 4 is 16.8 Å². The molecule has 1 aromatic heterocycles. The van der Waals surface area contributed by atoms with Crippen molar-refractivity contribution in [3.63, 3.8) is 0 Å². The fourth-order valence-electron chi connectivity index (χ4n) is 3.00. The third-order valence-corrected chi connectivity index (χ3v) is 4.04. The predicted octanol–water partition coefficient (Wildman–Crippen LogP) is 3.87. The molecule has 1 heterocycles. The molecular formula is C18H20N2O. The predicted molar refractivity (Wildman–Crippen MR) is 86.4 cm³/mol. The molecule has 21 heavy (non-hydrogen) atoms. The lowest BCUT2D eigenvalue weighted by molar-refractivity contribution is 0.0963. The van der Waals surface area contributed by atoms with E-state index in [0.29, 0.717) is 5.69 Å². The first kappa shape index (κ1) is 13.7. The van der Waals surface area contributed by atoms with E-state index in [1.807, 2.05) is 38.1 Å². The van der Waals surface area contributed by atoms with E-state index in [0.717, 1.165) is 24.1 Å². The summed E-state index contributed by atoms with van der Waals surface area (Å²) < 4.78 is 0. The number of aromatic amines is 1. The van der Waals surface area contributed by atoms with Gasteiger partial charge in [-0.3, -0.25) is 4.79 Å². The van der Waals surface area contributed by atoms with Gasteiger partial charge in [-0.25, -0.2) is 0 Å². The Balaban J connectivity index is 1.93. The minimum Gasteiger partial charge on any atom is -0.351 e. The van der Waals surface area contributed by atoms with Crippen molar-refractivity contribution in [2.45, 2.75) is 33.1 Å². The van der Waals surface area contributed by atoms with Crippen LogP contribution in [0, 0.1) is 0 Å². The zero-order valence-corrected chi connectivity index (χ0v) is 12.5. The van der Waals surface area contributed by atoms with Crippen LogP contribution in [0.4, 0.5) is 0 Å². The number of nitrogens with one attached hydrogen (secondary N) is 2. The monoisotopic (exact) mass is 280 g/mol. The van der Waals surface area contributed by atoms with Crippen LogP contribution in [-0.4, -0.2) is 10.9 Å². The molecular weight excluding hydrogens is 260 g/mol. The average Bonchev–Trinajstić information content (AvgIpc) is 3.11. The molecule has 1 aliphatic carbocycles. The molecule has 0 saturated heterocycles. The second kappa shape index (κ2) is 5.60. The van der Waals surface area contributed by atoms with E-state index >= 15 is 0 Å². The van der Waals surface area contributed by atoms with Gasteiger partial charge in [0.15, 0.2) is 0 Å². The number of aryl methyl sites for hydroxylation is 2. The highest BCUT2D eigenvalue weighted by Gasteiger charge is 2.17. The molecule has 3 nitrogen and oxygen atoms in total. The summed E-state index contributed by atoms with van der Waals surface area (Å²) in [6.45, 7) is 3.84. The van der Waals surface area contributed by atoms with Gasteiger partial charge >= 0.3 is 0 Å². The smallest absolute Gasteiger partial charge is 0.272 e. The molecule has 0 spiro atoms. The van der Waals surface area contributed by atoms with Crippen LogP contribution in [0.3, 0.4) is 0 Å². The molecule has 1 amide bonds. The molecule has 108 valence electrons. The number of allylic oxidation sites excluding steroid dienone is 3. The number of rotatable bonds is 3. The quantitative estimate of drug-likeness (QED) is 0.824. The maximum absolute atomic E-state index is 12.3. The fraction of sp³-hybridized carbons (Fsp3) is 0.278. The Kier molecular flexibility index (Phi) is 3.65. The van der Waals surface area contributed by atoms with Gasteiger partial charge in [0.25, 0.3) is 5.91 Å². The van der Waals surface area contributed by atoms with Gasteiger partial charge in [0, 0.05) is 16.6 Å². The summed E-state index contributed by atoms with van der Waals surface area (Å²) in [4.78, 5) is 15.6. The van der Waals surface area contributed by atoms with E-state index in [9.17, 15) is 4.79 Å². The first-order valence-corrected chi connectivity index (χ1v) is 7.46. The standard InChI is InChI=1S/C18H20N2O/c1-3-6-13(4-2)19-18(21)17-11-15-14-8-5-7-12(14)9-10-16(15)20-17/h3-4,6,9-11,20H,5,7-8H2,1-2H3,(H,19,21)/b6-3-,13-4+. The lowest BCUT2D eigenvalue weighted by atomic mass is 10.1. The summed E-state index contributed by atoms with van der Waals surface area (Å²) in [6.07, 6.45) is 9.17. The molecule has 2 aromatic rings. The largest absolute Gasteiger partial charge is 0.351 e. The summed E-state index contributed by atoms with van der Waals surface area (Å²) in [6, 6.07) is 6.25. The van der Waals surface area contributed by atoms with Crippen molar-refractivity contribution in [1.29, 1.82) is 0 Å². The van der Waals surface area contributed by atoms with Gasteiger partial charge < -0.3 is 10.3 Å². The summed E-state index contributed by atoms with van der Waals surface area (Å²) in [7, 11) is 0. The Labute approximate surface area is 124 Å². The van der Waals surface area contributed by atoms with Crippen molar-refractivity contribution in [1.82, 2.24) is 10.3 Å². The number of benzene rings is 1. The van der Waals surface area contributed by atoms with E-state index in [1.54, 1.807) is 0 Å². The Hall–Kier alpha value is -2.29. The van der Waals surface area contributed by atoms with Crippen LogP contribution in [-0.2, 0) is 12.8 Å². The van der Waals surface area contributed by atoms with Gasteiger partial charge in [0.1, 0.15) is 5.69 Å². The molecule has 0 aliphatic heterocycles. The highest BCUT2D eigenvalue weighted by molar-refractivity contribution is 6.00. The second-order valence-corrected chi connectivity index (χ2v) is 5.40. The number of carbonyl (C=O) groups excluding carboxylic acids is 1. The highest BCUT2D eigenvalue weighted by Crippen LogP contribution is 2.30. The van der Waals surface area contributed by atoms with Crippen LogP contribution < -0.4 is 5.32 Å². The number of hydrogen-bond donors (Lipinski definition) is 2. The summed E-state index contributed by atoms with van der Waals surface area (Å²) in [5.74, 6) is -0.0934. The zero-order valence-electron chi connectivity index (χ0n) is 12.5. The maximum atomic E-state index is 12.3. The number of amides is 1. The molecule has 0 fully saturated rings. The molecule has 0 radical (unpaired) electrons. The fourth-order valence-corrected chi connectivity index (χ4v) is 3.00. The van der Waals surface area contributed by atoms with Crippen molar-refractivity contribution in [2.24, 2.45) is 0 Å². The molecule has 3 heteroatoms. The number of fused-ring (bicyclic) bond motifs is 3. The van der Waals surface area contributed by atoms with Crippen LogP contribution in [0.25, 0.3) is 10.9 Å². The molecule has 0 atom stereocenters. The number of hydrogen-bond acceptors (Lipinski definition) is 1. The summed E-state index contributed by atoms with van der Waals surface area (Å²) >= 11 is 0. The van der Waals surface area contributed by atoms with E-state index in [1.165, 1.54) is 22.9 Å². The topological polar surface area (TPSA) is 44.9 Å². The van der Waals surface area contributed by atoms with E-state index in [2.05, 4.69) is 22.4 Å². The lowest BCUT2D eigenvalue weighted by Gasteiger charge is -2.03. The molecule has 0 unspecified atom stereocenters. The highest BCUT2D eigenvalue weighted by atomic mass is 16.1. The summed E-state index contributed by atoms with van der Waals surface area (Å²) in [5.41, 5.74) is 5.31. The molecule has 0 saturated carbocycles. The third-order valence-electron chi connectivity index (χ3n) is 4.04. The normalized spacial score (nSPS) is 14.9. The average molecular weight is 280 g/mol. The van der Waals surface area contributed by atoms with Gasteiger partial charge in [-0.05, 0) is 62.4 Å². The molecule has 1 aromatic carbocycles. The first-order valence-electron chi connectivity index (χ1n) is 7.46. The third kappa shape index (κ3) is 2.51. The number of H-pyrrole nitrogens is 1. The van der Waals surface area contributed by atoms with Crippen molar-refractivity contribution in [3.05, 3.63) is 58.9 Å². The van der Waals surface area contributed by atoms with Crippen LogP contribution in [0.5, 0.6) is 0 Å². The van der Waals surface area contributed by atoms with Crippen LogP contribution >= 0.6 is 0 Å². The van der Waals surface area contributed by atoms with Crippen molar-refractivity contribution < 1.29 is 4.79 Å². The van der Waals surface area contributed by atoms with Crippen LogP contribution in [0.15, 0.2) is 42.1 Å². The molecule has 3 rings (SSSR count). The minimum atomic E-state index is -0.0934. The Morgan fingerprint density at radius 3 is 2.90 bits per heavy atom. The maximum Gasteiger partial charge on any atom is 0.272 e. The minimum absolute atomic E-state index is 0.0934. The molecule has 1 aliphatic rings. The van der Waals surface area contributed by atoms with E-state index < -0.39 is 0 Å². The molecule has 0 bridgehead atoms. The van der Waals surface area contributed by atoms with Crippen molar-refractivity contribution in [2.75, 3.05) is 0 Å². The lowest BCUT2D eigenvalue weighted by Crippen LogP contribution is -2.22. The van der Waals surface area contributed by atoms with E-state index in [4.69, 9.17) is 0 Å². The number of carbonyl (C=O) groups is 1. The second-order valence-electron chi connectivity index (χ2n) is 5.40. The van der Waals surface area contributed by atoms with Gasteiger partial charge in [-0.1, -0.05) is 18.2 Å². The Morgan fingerprint density at radius 1 is 1.29 bits per heavy atom. The zero-order chi connectivity index (χ0) is 14.8. The summed E-state index contributed by atoms with van der Waals surface area (Å²) in [5, 5.41) is 4.11. The van der Waals surface area contributed by atoms with Gasteiger partial charge in [0.2, 0.25) is 0 Å². The van der Waals surface area contributed by atoms with Gasteiger partial charge in [0.05, 0.1) is 0 Å².